The number of rotatable bonds is 2. The van der Waals surface area contributed by atoms with Crippen LogP contribution in [0.15, 0.2) is 23.8 Å². The Bertz CT molecular complexity index is 218. The molecular formula is C8H10NO2-. The Morgan fingerprint density at radius 2 is 2.36 bits per heavy atom. The number of hydrogen-bond donors (Lipinski definition) is 1. The summed E-state index contributed by atoms with van der Waals surface area (Å²) in [6.45, 7) is 0. The van der Waals surface area contributed by atoms with Gasteiger partial charge in [-0.2, -0.15) is 0 Å². The van der Waals surface area contributed by atoms with Crippen molar-refractivity contribution in [3.63, 3.8) is 0 Å². The van der Waals surface area contributed by atoms with Crippen LogP contribution in [0, 0.1) is 0 Å². The molecule has 0 aliphatic heterocycles. The zero-order chi connectivity index (χ0) is 8.27. The second-order valence-electron chi connectivity index (χ2n) is 2.49. The minimum atomic E-state index is -1.20. The number of allylic oxidation sites excluding steroid dienone is 3. The Labute approximate surface area is 65.2 Å². The average molecular weight is 152 g/mol. The summed E-state index contributed by atoms with van der Waals surface area (Å²) in [5.41, 5.74) is 6.07. The summed E-state index contributed by atoms with van der Waals surface area (Å²) in [7, 11) is 0. The Hall–Kier alpha value is -1.09. The number of carbonyl (C=O) groups is 1. The molecule has 1 unspecified atom stereocenters. The molecule has 0 saturated carbocycles. The molecule has 11 heavy (non-hydrogen) atoms. The molecule has 0 fully saturated rings. The molecule has 1 rings (SSSR count). The second-order valence-corrected chi connectivity index (χ2v) is 2.49. The molecular weight excluding hydrogens is 142 g/mol. The molecule has 0 radical (unpaired) electrons. The third-order valence-electron chi connectivity index (χ3n) is 1.69. The van der Waals surface area contributed by atoms with Crippen LogP contribution in [-0.2, 0) is 4.79 Å². The van der Waals surface area contributed by atoms with Gasteiger partial charge in [0.15, 0.2) is 0 Å². The fraction of sp³-hybridized carbons (Fsp3) is 0.375. The largest absolute Gasteiger partial charge is 0.548 e. The zero-order valence-corrected chi connectivity index (χ0v) is 6.12. The quantitative estimate of drug-likeness (QED) is 0.534. The van der Waals surface area contributed by atoms with Gasteiger partial charge in [0.1, 0.15) is 0 Å². The summed E-state index contributed by atoms with van der Waals surface area (Å²) in [5.74, 6) is -1.20. The average Bonchev–Trinajstić information content (AvgIpc) is 2.05. The number of carbonyl (C=O) groups excluding carboxylic acids is 1. The highest BCUT2D eigenvalue weighted by atomic mass is 16.4. The summed E-state index contributed by atoms with van der Waals surface area (Å²) < 4.78 is 0. The van der Waals surface area contributed by atoms with E-state index in [-0.39, 0.29) is 0 Å². The fourth-order valence-corrected chi connectivity index (χ4v) is 1.02. The Morgan fingerprint density at radius 1 is 1.64 bits per heavy atom. The first kappa shape index (κ1) is 8.01. The van der Waals surface area contributed by atoms with E-state index < -0.39 is 12.0 Å². The highest BCUT2D eigenvalue weighted by Crippen LogP contribution is 2.12. The second kappa shape index (κ2) is 3.34. The van der Waals surface area contributed by atoms with Gasteiger partial charge in [-0.15, -0.1) is 0 Å². The number of carboxylic acids is 1. The van der Waals surface area contributed by atoms with E-state index >= 15 is 0 Å². The number of carboxylic acid groups (broad SMARTS) is 1. The van der Waals surface area contributed by atoms with Crippen molar-refractivity contribution in [2.24, 2.45) is 5.73 Å². The van der Waals surface area contributed by atoms with Crippen molar-refractivity contribution in [2.45, 2.75) is 18.9 Å². The number of hydrogen-bond acceptors (Lipinski definition) is 3. The highest BCUT2D eigenvalue weighted by Gasteiger charge is 2.09. The van der Waals surface area contributed by atoms with E-state index in [1.807, 2.05) is 18.2 Å². The van der Waals surface area contributed by atoms with Crippen LogP contribution in [-0.4, -0.2) is 12.0 Å². The molecule has 1 aliphatic carbocycles. The molecule has 1 aliphatic rings. The monoisotopic (exact) mass is 152 g/mol. The maximum absolute atomic E-state index is 10.3. The minimum absolute atomic E-state index is 0.634. The van der Waals surface area contributed by atoms with Crippen LogP contribution in [0.2, 0.25) is 0 Å². The molecule has 2 N–H and O–H groups in total. The predicted octanol–water partition coefficient (Wildman–Crippen LogP) is -0.660. The lowest BCUT2D eigenvalue weighted by atomic mass is 9.99. The van der Waals surface area contributed by atoms with Crippen molar-refractivity contribution < 1.29 is 9.90 Å². The number of aliphatic carboxylic acids is 1. The van der Waals surface area contributed by atoms with Gasteiger partial charge in [-0.05, 0) is 18.4 Å². The van der Waals surface area contributed by atoms with E-state index in [9.17, 15) is 9.90 Å². The molecule has 0 amide bonds. The van der Waals surface area contributed by atoms with E-state index in [1.54, 1.807) is 0 Å². The molecule has 1 atom stereocenters. The van der Waals surface area contributed by atoms with E-state index in [0.29, 0.717) is 6.42 Å². The zero-order valence-electron chi connectivity index (χ0n) is 6.12. The van der Waals surface area contributed by atoms with Crippen LogP contribution in [0.4, 0.5) is 0 Å². The Balaban J connectivity index is 2.60. The normalized spacial score (nSPS) is 19.2. The van der Waals surface area contributed by atoms with Crippen molar-refractivity contribution in [3.8, 4) is 0 Å². The molecule has 0 heterocycles. The molecule has 0 saturated heterocycles. The van der Waals surface area contributed by atoms with Crippen LogP contribution >= 0.6 is 0 Å². The molecule has 0 aromatic heterocycles. The number of nitrogens with two attached hydrogens (primary N) is 1. The molecule has 3 nitrogen and oxygen atoms in total. The highest BCUT2D eigenvalue weighted by molar-refractivity contribution is 5.75. The summed E-state index contributed by atoms with van der Waals surface area (Å²) in [5, 5.41) is 10.3. The van der Waals surface area contributed by atoms with Crippen molar-refractivity contribution >= 4 is 5.97 Å². The Kier molecular flexibility index (Phi) is 2.44. The lowest BCUT2D eigenvalue weighted by Gasteiger charge is -2.17. The lowest BCUT2D eigenvalue weighted by Crippen LogP contribution is -2.43. The van der Waals surface area contributed by atoms with Crippen LogP contribution < -0.4 is 10.8 Å². The summed E-state index contributed by atoms with van der Waals surface area (Å²) in [4.78, 5) is 10.3. The van der Waals surface area contributed by atoms with Gasteiger partial charge in [0.25, 0.3) is 0 Å². The predicted molar refractivity (Wildman–Crippen MR) is 39.4 cm³/mol. The van der Waals surface area contributed by atoms with Crippen molar-refractivity contribution in [2.75, 3.05) is 0 Å². The van der Waals surface area contributed by atoms with Gasteiger partial charge in [0, 0.05) is 0 Å². The lowest BCUT2D eigenvalue weighted by molar-refractivity contribution is -0.306. The van der Waals surface area contributed by atoms with Crippen LogP contribution in [0.3, 0.4) is 0 Å². The summed E-state index contributed by atoms with van der Waals surface area (Å²) in [6, 6.07) is -0.931. The van der Waals surface area contributed by atoms with Gasteiger partial charge in [-0.1, -0.05) is 18.2 Å². The summed E-state index contributed by atoms with van der Waals surface area (Å²) in [6.07, 6.45) is 7.13. The van der Waals surface area contributed by atoms with Gasteiger partial charge in [0.05, 0.1) is 12.0 Å². The van der Waals surface area contributed by atoms with E-state index in [2.05, 4.69) is 0 Å². The van der Waals surface area contributed by atoms with Crippen molar-refractivity contribution in [3.05, 3.63) is 23.8 Å². The third kappa shape index (κ3) is 1.91. The first-order valence-electron chi connectivity index (χ1n) is 3.52. The summed E-state index contributed by atoms with van der Waals surface area (Å²) >= 11 is 0. The van der Waals surface area contributed by atoms with Gasteiger partial charge in [-0.3, -0.25) is 0 Å². The van der Waals surface area contributed by atoms with Crippen LogP contribution in [0.1, 0.15) is 12.8 Å². The Morgan fingerprint density at radius 3 is 2.82 bits per heavy atom. The van der Waals surface area contributed by atoms with Gasteiger partial charge >= 0.3 is 0 Å². The van der Waals surface area contributed by atoms with E-state index in [4.69, 9.17) is 5.73 Å². The van der Waals surface area contributed by atoms with Crippen molar-refractivity contribution in [1.29, 1.82) is 0 Å². The van der Waals surface area contributed by atoms with Crippen LogP contribution in [0.5, 0.6) is 0 Å². The molecule has 0 spiro atoms. The molecule has 0 aromatic carbocycles. The van der Waals surface area contributed by atoms with Crippen molar-refractivity contribution in [1.82, 2.24) is 0 Å². The molecule has 3 heteroatoms. The first-order chi connectivity index (χ1) is 5.22. The smallest absolute Gasteiger partial charge is 0.0661 e. The SMILES string of the molecule is NC(C(=O)[O-])C1=CCC=CC1. The maximum atomic E-state index is 10.3. The standard InChI is InChI=1S/C8H11NO2/c9-7(8(10)11)6-4-2-1-3-5-6/h1-2,5,7H,3-4,9H2,(H,10,11)/p-1. The molecule has 0 bridgehead atoms. The van der Waals surface area contributed by atoms with E-state index in [0.717, 1.165) is 12.0 Å². The molecule has 0 aromatic rings. The topological polar surface area (TPSA) is 66.2 Å². The maximum Gasteiger partial charge on any atom is 0.0661 e. The first-order valence-corrected chi connectivity index (χ1v) is 3.52. The van der Waals surface area contributed by atoms with Gasteiger partial charge in [-0.25, -0.2) is 0 Å². The third-order valence-corrected chi connectivity index (χ3v) is 1.69. The van der Waals surface area contributed by atoms with Gasteiger partial charge < -0.3 is 15.6 Å². The van der Waals surface area contributed by atoms with Crippen LogP contribution in [0.25, 0.3) is 0 Å². The molecule has 60 valence electrons. The fourth-order valence-electron chi connectivity index (χ4n) is 1.02. The minimum Gasteiger partial charge on any atom is -0.548 e. The van der Waals surface area contributed by atoms with Gasteiger partial charge in [0.2, 0.25) is 0 Å². The van der Waals surface area contributed by atoms with E-state index in [1.165, 1.54) is 0 Å².